The van der Waals surface area contributed by atoms with Gasteiger partial charge >= 0.3 is 0 Å². The van der Waals surface area contributed by atoms with Crippen molar-refractivity contribution in [3.63, 3.8) is 0 Å². The number of pyridine rings is 1. The highest BCUT2D eigenvalue weighted by atomic mass is 16.6. The summed E-state index contributed by atoms with van der Waals surface area (Å²) in [6.07, 6.45) is 0. The number of nitro groups is 1. The van der Waals surface area contributed by atoms with Crippen molar-refractivity contribution in [2.24, 2.45) is 0 Å². The Labute approximate surface area is 121 Å². The molecule has 2 rings (SSSR count). The predicted molar refractivity (Wildman–Crippen MR) is 79.2 cm³/mol. The van der Waals surface area contributed by atoms with Crippen molar-refractivity contribution in [1.29, 1.82) is 0 Å². The first-order valence-corrected chi connectivity index (χ1v) is 6.17. The number of hydrogen-bond acceptors (Lipinski definition) is 5. The SMILES string of the molecule is Cc1cc(C)nc(NC(=O)c2ccc(N)c([N+](=O)[O-])c2)c1. The molecular weight excluding hydrogens is 272 g/mol. The van der Waals surface area contributed by atoms with Gasteiger partial charge in [0.05, 0.1) is 4.92 Å². The fourth-order valence-electron chi connectivity index (χ4n) is 1.94. The lowest BCUT2D eigenvalue weighted by molar-refractivity contribution is -0.383. The van der Waals surface area contributed by atoms with E-state index in [1.807, 2.05) is 19.9 Å². The van der Waals surface area contributed by atoms with Crippen molar-refractivity contribution >= 4 is 23.1 Å². The summed E-state index contributed by atoms with van der Waals surface area (Å²) in [4.78, 5) is 26.5. The van der Waals surface area contributed by atoms with Crippen molar-refractivity contribution < 1.29 is 9.72 Å². The Morgan fingerprint density at radius 2 is 2.00 bits per heavy atom. The lowest BCUT2D eigenvalue weighted by Crippen LogP contribution is -2.14. The number of aromatic nitrogens is 1. The van der Waals surface area contributed by atoms with Crippen molar-refractivity contribution in [3.05, 3.63) is 57.3 Å². The number of benzene rings is 1. The first kappa shape index (κ1) is 14.4. The van der Waals surface area contributed by atoms with Crippen LogP contribution >= 0.6 is 0 Å². The zero-order valence-corrected chi connectivity index (χ0v) is 11.6. The Kier molecular flexibility index (Phi) is 3.84. The number of nitrogens with two attached hydrogens (primary N) is 1. The second-order valence-corrected chi connectivity index (χ2v) is 4.66. The number of nitrogens with zero attached hydrogens (tertiary/aromatic N) is 2. The Morgan fingerprint density at radius 3 is 2.62 bits per heavy atom. The van der Waals surface area contributed by atoms with E-state index in [-0.39, 0.29) is 16.9 Å². The van der Waals surface area contributed by atoms with E-state index in [0.29, 0.717) is 5.82 Å². The van der Waals surface area contributed by atoms with Gasteiger partial charge in [0.25, 0.3) is 11.6 Å². The van der Waals surface area contributed by atoms with E-state index in [9.17, 15) is 14.9 Å². The number of rotatable bonds is 3. The molecule has 0 saturated carbocycles. The Bertz CT molecular complexity index is 708. The molecule has 0 aliphatic carbocycles. The van der Waals surface area contributed by atoms with Crippen LogP contribution < -0.4 is 11.1 Å². The van der Waals surface area contributed by atoms with Crippen LogP contribution in [0.3, 0.4) is 0 Å². The molecule has 0 saturated heterocycles. The van der Waals surface area contributed by atoms with E-state index in [1.165, 1.54) is 12.1 Å². The summed E-state index contributed by atoms with van der Waals surface area (Å²) < 4.78 is 0. The summed E-state index contributed by atoms with van der Waals surface area (Å²) in [5, 5.41) is 13.4. The maximum atomic E-state index is 12.1. The third kappa shape index (κ3) is 3.33. The molecule has 7 heteroatoms. The molecule has 21 heavy (non-hydrogen) atoms. The van der Waals surface area contributed by atoms with Crippen LogP contribution in [0.15, 0.2) is 30.3 Å². The molecule has 1 aromatic carbocycles. The Balaban J connectivity index is 2.28. The lowest BCUT2D eigenvalue weighted by atomic mass is 10.1. The molecular formula is C14H14N4O3. The standard InChI is InChI=1S/C14H14N4O3/c1-8-5-9(2)16-13(6-8)17-14(19)10-3-4-11(15)12(7-10)18(20)21/h3-7H,15H2,1-2H3,(H,16,17,19). The monoisotopic (exact) mass is 286 g/mol. The topological polar surface area (TPSA) is 111 Å². The zero-order chi connectivity index (χ0) is 15.6. The normalized spacial score (nSPS) is 10.2. The van der Waals surface area contributed by atoms with Crippen molar-refractivity contribution in [2.45, 2.75) is 13.8 Å². The summed E-state index contributed by atoms with van der Waals surface area (Å²) in [5.41, 5.74) is 7.10. The minimum atomic E-state index is -0.624. The van der Waals surface area contributed by atoms with E-state index in [2.05, 4.69) is 10.3 Å². The van der Waals surface area contributed by atoms with Crippen LogP contribution in [0.4, 0.5) is 17.2 Å². The van der Waals surface area contributed by atoms with E-state index in [4.69, 9.17) is 5.73 Å². The van der Waals surface area contributed by atoms with Crippen LogP contribution in [0.5, 0.6) is 0 Å². The highest BCUT2D eigenvalue weighted by Gasteiger charge is 2.16. The van der Waals surface area contributed by atoms with E-state index >= 15 is 0 Å². The zero-order valence-electron chi connectivity index (χ0n) is 11.6. The maximum Gasteiger partial charge on any atom is 0.292 e. The van der Waals surface area contributed by atoms with Gasteiger partial charge in [0.2, 0.25) is 0 Å². The van der Waals surface area contributed by atoms with Crippen LogP contribution in [-0.2, 0) is 0 Å². The molecule has 0 unspecified atom stereocenters. The molecule has 0 aliphatic heterocycles. The van der Waals surface area contributed by atoms with Crippen molar-refractivity contribution in [3.8, 4) is 0 Å². The second-order valence-electron chi connectivity index (χ2n) is 4.66. The van der Waals surface area contributed by atoms with Gasteiger partial charge in [-0.1, -0.05) is 0 Å². The quantitative estimate of drug-likeness (QED) is 0.511. The molecule has 2 aromatic rings. The smallest absolute Gasteiger partial charge is 0.292 e. The molecule has 0 fully saturated rings. The number of hydrogen-bond donors (Lipinski definition) is 2. The van der Waals surface area contributed by atoms with Gasteiger partial charge in [0, 0.05) is 17.3 Å². The number of carbonyl (C=O) groups is 1. The first-order chi connectivity index (χ1) is 9.86. The highest BCUT2D eigenvalue weighted by molar-refractivity contribution is 6.04. The van der Waals surface area contributed by atoms with Crippen LogP contribution in [-0.4, -0.2) is 15.8 Å². The molecule has 0 atom stereocenters. The van der Waals surface area contributed by atoms with Gasteiger partial charge in [0.1, 0.15) is 11.5 Å². The van der Waals surface area contributed by atoms with Crippen molar-refractivity contribution in [1.82, 2.24) is 4.98 Å². The average molecular weight is 286 g/mol. The minimum absolute atomic E-state index is 0.0149. The molecule has 0 radical (unpaired) electrons. The minimum Gasteiger partial charge on any atom is -0.393 e. The van der Waals surface area contributed by atoms with E-state index < -0.39 is 10.8 Å². The molecule has 0 aliphatic rings. The van der Waals surface area contributed by atoms with Gasteiger partial charge in [-0.2, -0.15) is 0 Å². The largest absolute Gasteiger partial charge is 0.393 e. The summed E-state index contributed by atoms with van der Waals surface area (Å²) >= 11 is 0. The first-order valence-electron chi connectivity index (χ1n) is 6.17. The maximum absolute atomic E-state index is 12.1. The van der Waals surface area contributed by atoms with Crippen LogP contribution in [0.1, 0.15) is 21.6 Å². The molecule has 3 N–H and O–H groups in total. The molecule has 108 valence electrons. The number of aryl methyl sites for hydroxylation is 2. The van der Waals surface area contributed by atoms with Gasteiger partial charge in [-0.3, -0.25) is 14.9 Å². The number of anilines is 2. The van der Waals surface area contributed by atoms with Crippen LogP contribution in [0.25, 0.3) is 0 Å². The molecule has 0 spiro atoms. The predicted octanol–water partition coefficient (Wildman–Crippen LogP) is 2.44. The Morgan fingerprint density at radius 1 is 1.29 bits per heavy atom. The molecule has 1 amide bonds. The van der Waals surface area contributed by atoms with E-state index in [1.54, 1.807) is 6.07 Å². The van der Waals surface area contributed by atoms with Gasteiger partial charge in [0.15, 0.2) is 0 Å². The fraction of sp³-hybridized carbons (Fsp3) is 0.143. The van der Waals surface area contributed by atoms with Gasteiger partial charge < -0.3 is 11.1 Å². The number of nitro benzene ring substituents is 1. The van der Waals surface area contributed by atoms with E-state index in [0.717, 1.165) is 17.3 Å². The third-order valence-electron chi connectivity index (χ3n) is 2.83. The third-order valence-corrected chi connectivity index (χ3v) is 2.83. The fourth-order valence-corrected chi connectivity index (χ4v) is 1.94. The summed E-state index contributed by atoms with van der Waals surface area (Å²) in [7, 11) is 0. The number of amides is 1. The Hall–Kier alpha value is -2.96. The summed E-state index contributed by atoms with van der Waals surface area (Å²) in [6.45, 7) is 3.70. The summed E-state index contributed by atoms with van der Waals surface area (Å²) in [6, 6.07) is 7.51. The molecule has 1 aromatic heterocycles. The number of carbonyl (C=O) groups excluding carboxylic acids is 1. The van der Waals surface area contributed by atoms with Crippen LogP contribution in [0, 0.1) is 24.0 Å². The van der Waals surface area contributed by atoms with Crippen molar-refractivity contribution in [2.75, 3.05) is 11.1 Å². The van der Waals surface area contributed by atoms with Crippen LogP contribution in [0.2, 0.25) is 0 Å². The number of nitrogen functional groups attached to an aromatic ring is 1. The number of nitrogens with one attached hydrogen (secondary N) is 1. The summed E-state index contributed by atoms with van der Waals surface area (Å²) in [5.74, 6) is -0.0763. The molecule has 7 nitrogen and oxygen atoms in total. The second kappa shape index (κ2) is 5.58. The lowest BCUT2D eigenvalue weighted by Gasteiger charge is -2.07. The van der Waals surface area contributed by atoms with Gasteiger partial charge in [-0.15, -0.1) is 0 Å². The van der Waals surface area contributed by atoms with Gasteiger partial charge in [-0.05, 0) is 43.7 Å². The van der Waals surface area contributed by atoms with Gasteiger partial charge in [-0.25, -0.2) is 4.98 Å². The molecule has 0 bridgehead atoms. The molecule has 1 heterocycles. The highest BCUT2D eigenvalue weighted by Crippen LogP contribution is 2.22. The average Bonchev–Trinajstić information content (AvgIpc) is 2.37.